The Morgan fingerprint density at radius 2 is 1.77 bits per heavy atom. The summed E-state index contributed by atoms with van der Waals surface area (Å²) in [5.41, 5.74) is 10.8. The molecule has 0 saturated heterocycles. The number of nitrogens with two attached hydrogens (primary N) is 1. The summed E-state index contributed by atoms with van der Waals surface area (Å²) in [6.45, 7) is 0.762. The Morgan fingerprint density at radius 1 is 0.955 bits per heavy atom. The van der Waals surface area contributed by atoms with E-state index in [1.807, 2.05) is 0 Å². The first-order chi connectivity index (χ1) is 10.7. The fraction of sp³-hybridized carbons (Fsp3) is 0.222. The Kier molecular flexibility index (Phi) is 5.41. The zero-order chi connectivity index (χ0) is 15.5. The summed E-state index contributed by atoms with van der Waals surface area (Å²) in [4.78, 5) is 3.62. The largest absolute Gasteiger partial charge is 0.354 e. The summed E-state index contributed by atoms with van der Waals surface area (Å²) < 4.78 is 2.54. The number of unbranched alkanes of at least 4 members (excludes halogenated alkanes) is 1. The van der Waals surface area contributed by atoms with Crippen LogP contribution in [0.5, 0.6) is 0 Å². The summed E-state index contributed by atoms with van der Waals surface area (Å²) in [6, 6.07) is 15.3. The van der Waals surface area contributed by atoms with Gasteiger partial charge in [0.1, 0.15) is 0 Å². The predicted octanol–water partition coefficient (Wildman–Crippen LogP) is 5.33. The second-order valence-electron chi connectivity index (χ2n) is 5.42. The third-order valence-corrected chi connectivity index (χ3v) is 5.20. The molecule has 2 aromatic carbocycles. The van der Waals surface area contributed by atoms with Crippen LogP contribution in [0.25, 0.3) is 22.2 Å². The van der Waals surface area contributed by atoms with Gasteiger partial charge in [-0.3, -0.25) is 0 Å². The quantitative estimate of drug-likeness (QED) is 0.350. The van der Waals surface area contributed by atoms with Gasteiger partial charge in [-0.2, -0.15) is 0 Å². The fourth-order valence-corrected chi connectivity index (χ4v) is 3.85. The number of benzene rings is 2. The number of hydrogen-bond acceptors (Lipinski definition) is 1. The summed E-state index contributed by atoms with van der Waals surface area (Å²) in [5.74, 6) is 0. The highest BCUT2D eigenvalue weighted by atomic mass is 127. The average molecular weight is 516 g/mol. The lowest BCUT2D eigenvalue weighted by Crippen LogP contribution is -1.99. The van der Waals surface area contributed by atoms with E-state index < -0.39 is 0 Å². The Morgan fingerprint density at radius 3 is 2.55 bits per heavy atom. The molecular formula is C18H18I2N2. The van der Waals surface area contributed by atoms with Crippen molar-refractivity contribution in [3.63, 3.8) is 0 Å². The van der Waals surface area contributed by atoms with Crippen molar-refractivity contribution in [1.29, 1.82) is 0 Å². The molecule has 22 heavy (non-hydrogen) atoms. The van der Waals surface area contributed by atoms with Crippen LogP contribution in [0.4, 0.5) is 0 Å². The molecule has 3 N–H and O–H groups in total. The van der Waals surface area contributed by atoms with E-state index in [0.717, 1.165) is 25.8 Å². The average Bonchev–Trinajstić information content (AvgIpc) is 2.86. The van der Waals surface area contributed by atoms with Crippen molar-refractivity contribution in [2.75, 3.05) is 6.54 Å². The monoisotopic (exact) mass is 516 g/mol. The molecule has 3 rings (SSSR count). The number of aromatic amines is 1. The molecule has 4 heteroatoms. The molecule has 114 valence electrons. The van der Waals surface area contributed by atoms with Crippen molar-refractivity contribution in [2.45, 2.75) is 19.3 Å². The van der Waals surface area contributed by atoms with Crippen molar-refractivity contribution < 1.29 is 0 Å². The van der Waals surface area contributed by atoms with Gasteiger partial charge in [-0.25, -0.2) is 0 Å². The van der Waals surface area contributed by atoms with Gasteiger partial charge >= 0.3 is 0 Å². The number of fused-ring (bicyclic) bond motifs is 1. The number of H-pyrrole nitrogens is 1. The van der Waals surface area contributed by atoms with Gasteiger partial charge in [0.25, 0.3) is 0 Å². The lowest BCUT2D eigenvalue weighted by Gasteiger charge is -2.06. The molecule has 0 amide bonds. The number of halogens is 2. The van der Waals surface area contributed by atoms with Gasteiger partial charge in [0.15, 0.2) is 0 Å². The molecule has 0 aliphatic heterocycles. The summed E-state index contributed by atoms with van der Waals surface area (Å²) in [6.07, 6.45) is 3.27. The molecule has 0 aliphatic carbocycles. The Bertz CT molecular complexity index is 793. The van der Waals surface area contributed by atoms with E-state index in [1.54, 1.807) is 0 Å². The zero-order valence-electron chi connectivity index (χ0n) is 12.2. The molecule has 0 aliphatic rings. The molecule has 1 heterocycles. The lowest BCUT2D eigenvalue weighted by molar-refractivity contribution is 0.748. The summed E-state index contributed by atoms with van der Waals surface area (Å²) in [7, 11) is 0. The number of nitrogens with one attached hydrogen (secondary N) is 1. The van der Waals surface area contributed by atoms with Crippen molar-refractivity contribution in [3.8, 4) is 11.3 Å². The highest BCUT2D eigenvalue weighted by Crippen LogP contribution is 2.33. The van der Waals surface area contributed by atoms with E-state index in [1.165, 1.54) is 34.9 Å². The van der Waals surface area contributed by atoms with Crippen LogP contribution in [-0.4, -0.2) is 11.5 Å². The van der Waals surface area contributed by atoms with Crippen LogP contribution in [0.2, 0.25) is 0 Å². The highest BCUT2D eigenvalue weighted by molar-refractivity contribution is 14.1. The normalized spacial score (nSPS) is 11.2. The molecule has 0 fully saturated rings. The van der Waals surface area contributed by atoms with Crippen molar-refractivity contribution in [3.05, 3.63) is 55.2 Å². The summed E-state index contributed by atoms with van der Waals surface area (Å²) in [5, 5.41) is 1.35. The zero-order valence-corrected chi connectivity index (χ0v) is 16.5. The minimum Gasteiger partial charge on any atom is -0.354 e. The maximum Gasteiger partial charge on any atom is 0.0497 e. The van der Waals surface area contributed by atoms with Gasteiger partial charge in [0.2, 0.25) is 0 Å². The second kappa shape index (κ2) is 7.31. The van der Waals surface area contributed by atoms with Gasteiger partial charge in [-0.1, -0.05) is 12.1 Å². The Labute approximate surface area is 158 Å². The van der Waals surface area contributed by atoms with E-state index >= 15 is 0 Å². The predicted molar refractivity (Wildman–Crippen MR) is 111 cm³/mol. The molecule has 0 atom stereocenters. The molecule has 0 unspecified atom stereocenters. The first-order valence-corrected chi connectivity index (χ1v) is 9.61. The maximum absolute atomic E-state index is 5.66. The molecule has 0 bridgehead atoms. The van der Waals surface area contributed by atoms with Crippen molar-refractivity contribution in [2.24, 2.45) is 5.73 Å². The Hall–Kier alpha value is -0.600. The third-order valence-electron chi connectivity index (χ3n) is 3.86. The van der Waals surface area contributed by atoms with Gasteiger partial charge in [0, 0.05) is 23.7 Å². The minimum absolute atomic E-state index is 0.762. The topological polar surface area (TPSA) is 41.8 Å². The van der Waals surface area contributed by atoms with E-state index in [0.29, 0.717) is 0 Å². The van der Waals surface area contributed by atoms with Crippen LogP contribution in [-0.2, 0) is 6.42 Å². The second-order valence-corrected chi connectivity index (χ2v) is 7.92. The minimum atomic E-state index is 0.762. The van der Waals surface area contributed by atoms with Crippen LogP contribution in [0.3, 0.4) is 0 Å². The summed E-state index contributed by atoms with van der Waals surface area (Å²) >= 11 is 4.75. The first-order valence-electron chi connectivity index (χ1n) is 7.45. The lowest BCUT2D eigenvalue weighted by atomic mass is 10.0. The molecule has 1 aromatic heterocycles. The molecule has 2 nitrogen and oxygen atoms in total. The highest BCUT2D eigenvalue weighted by Gasteiger charge is 2.13. The number of aromatic nitrogens is 1. The van der Waals surface area contributed by atoms with Crippen molar-refractivity contribution in [1.82, 2.24) is 4.98 Å². The van der Waals surface area contributed by atoms with E-state index in [9.17, 15) is 0 Å². The molecule has 3 aromatic rings. The van der Waals surface area contributed by atoms with Crippen LogP contribution in [0, 0.1) is 7.14 Å². The fourth-order valence-electron chi connectivity index (χ4n) is 2.82. The van der Waals surface area contributed by atoms with Crippen LogP contribution in [0.1, 0.15) is 18.4 Å². The Balaban J connectivity index is 2.13. The molecule has 0 saturated carbocycles. The first kappa shape index (κ1) is 16.3. The van der Waals surface area contributed by atoms with Crippen LogP contribution in [0.15, 0.2) is 42.5 Å². The van der Waals surface area contributed by atoms with Gasteiger partial charge < -0.3 is 10.7 Å². The standard InChI is InChI=1S/C18H18I2N2/c19-13-5-3-4-12(10-13)18-15(6-1-2-9-21)16-11-14(20)7-8-17(16)22-18/h3-5,7-8,10-11,22H,1-2,6,9,21H2. The van der Waals surface area contributed by atoms with Gasteiger partial charge in [-0.05, 0) is 112 Å². The smallest absolute Gasteiger partial charge is 0.0497 e. The maximum atomic E-state index is 5.66. The number of rotatable bonds is 5. The number of hydrogen-bond donors (Lipinski definition) is 2. The molecule has 0 spiro atoms. The van der Waals surface area contributed by atoms with E-state index in [4.69, 9.17) is 5.73 Å². The van der Waals surface area contributed by atoms with Crippen molar-refractivity contribution >= 4 is 56.1 Å². The SMILES string of the molecule is NCCCCc1c(-c2cccc(I)c2)[nH]c2ccc(I)cc12. The number of aryl methyl sites for hydroxylation is 1. The molecule has 0 radical (unpaired) electrons. The van der Waals surface area contributed by atoms with Crippen LogP contribution >= 0.6 is 45.2 Å². The third kappa shape index (κ3) is 3.49. The van der Waals surface area contributed by atoms with Gasteiger partial charge in [0.05, 0.1) is 0 Å². The van der Waals surface area contributed by atoms with E-state index in [2.05, 4.69) is 92.6 Å². The van der Waals surface area contributed by atoms with E-state index in [-0.39, 0.29) is 0 Å². The van der Waals surface area contributed by atoms with Crippen LogP contribution < -0.4 is 5.73 Å². The van der Waals surface area contributed by atoms with Gasteiger partial charge in [-0.15, -0.1) is 0 Å². The molecular weight excluding hydrogens is 498 g/mol.